The molecule has 9 heteroatoms. The smallest absolute Gasteiger partial charge is 0.368 e. The lowest BCUT2D eigenvalue weighted by atomic mass is 10.1. The van der Waals surface area contributed by atoms with E-state index in [2.05, 4.69) is 5.32 Å². The van der Waals surface area contributed by atoms with Crippen LogP contribution in [-0.4, -0.2) is 41.8 Å². The average Bonchev–Trinajstić information content (AvgIpc) is 3.04. The number of hydrogen-bond donors (Lipinski definition) is 2. The minimum absolute atomic E-state index is 0.0146. The Morgan fingerprint density at radius 1 is 1.20 bits per heavy atom. The maximum Gasteiger partial charge on any atom is 0.416 e. The van der Waals surface area contributed by atoms with Crippen LogP contribution in [0.5, 0.6) is 0 Å². The molecule has 0 saturated carbocycles. The zero-order valence-electron chi connectivity index (χ0n) is 13.3. The minimum Gasteiger partial charge on any atom is -0.368 e. The van der Waals surface area contributed by atoms with Crippen LogP contribution in [0.25, 0.3) is 0 Å². The molecule has 2 rings (SSSR count). The van der Waals surface area contributed by atoms with Gasteiger partial charge in [-0.3, -0.25) is 14.4 Å². The molecule has 136 valence electrons. The summed E-state index contributed by atoms with van der Waals surface area (Å²) < 4.78 is 37.4. The van der Waals surface area contributed by atoms with Gasteiger partial charge in [-0.1, -0.05) is 0 Å². The monoisotopic (exact) mass is 357 g/mol. The van der Waals surface area contributed by atoms with Gasteiger partial charge in [-0.2, -0.15) is 13.2 Å². The molecule has 3 amide bonds. The van der Waals surface area contributed by atoms with Crippen molar-refractivity contribution in [3.63, 3.8) is 0 Å². The zero-order chi connectivity index (χ0) is 18.6. The second-order valence-corrected chi connectivity index (χ2v) is 5.73. The van der Waals surface area contributed by atoms with Gasteiger partial charge in [0, 0.05) is 25.1 Å². The highest BCUT2D eigenvalue weighted by Crippen LogP contribution is 2.29. The van der Waals surface area contributed by atoms with Crippen molar-refractivity contribution in [2.75, 3.05) is 13.1 Å². The van der Waals surface area contributed by atoms with Crippen molar-refractivity contribution in [1.82, 2.24) is 10.2 Å². The van der Waals surface area contributed by atoms with E-state index in [-0.39, 0.29) is 24.4 Å². The van der Waals surface area contributed by atoms with Gasteiger partial charge in [0.2, 0.25) is 11.8 Å². The SMILES string of the molecule is NC(=O)[C@@H]1CCCN1C(=O)CCNC(=O)c1ccc(C(F)(F)F)cc1. The fourth-order valence-electron chi connectivity index (χ4n) is 2.70. The number of rotatable bonds is 5. The van der Waals surface area contributed by atoms with Crippen molar-refractivity contribution in [3.05, 3.63) is 35.4 Å². The number of primary amides is 1. The van der Waals surface area contributed by atoms with Crippen LogP contribution in [0.4, 0.5) is 13.2 Å². The van der Waals surface area contributed by atoms with Gasteiger partial charge in [-0.05, 0) is 37.1 Å². The summed E-state index contributed by atoms with van der Waals surface area (Å²) in [6, 6.07) is 3.18. The van der Waals surface area contributed by atoms with Crippen LogP contribution < -0.4 is 11.1 Å². The first-order valence-electron chi connectivity index (χ1n) is 7.74. The normalized spacial score (nSPS) is 17.4. The van der Waals surface area contributed by atoms with E-state index in [1.165, 1.54) is 4.90 Å². The summed E-state index contributed by atoms with van der Waals surface area (Å²) in [5.74, 6) is -1.43. The van der Waals surface area contributed by atoms with Crippen LogP contribution in [0.1, 0.15) is 35.2 Å². The molecule has 0 radical (unpaired) electrons. The highest BCUT2D eigenvalue weighted by atomic mass is 19.4. The number of nitrogens with one attached hydrogen (secondary N) is 1. The average molecular weight is 357 g/mol. The molecule has 1 aliphatic rings. The number of carbonyl (C=O) groups is 3. The molecule has 1 aromatic carbocycles. The van der Waals surface area contributed by atoms with Gasteiger partial charge in [-0.15, -0.1) is 0 Å². The standard InChI is InChI=1S/C16H18F3N3O3/c17-16(18,19)11-5-3-10(4-6-11)15(25)21-8-7-13(23)22-9-1-2-12(22)14(20)24/h3-6,12H,1-2,7-9H2,(H2,20,24)(H,21,25)/t12-/m0/s1. The molecule has 1 fully saturated rings. The van der Waals surface area contributed by atoms with Crippen molar-refractivity contribution in [1.29, 1.82) is 0 Å². The molecule has 1 atom stereocenters. The lowest BCUT2D eigenvalue weighted by molar-refractivity contribution is -0.137. The molecule has 6 nitrogen and oxygen atoms in total. The zero-order valence-corrected chi connectivity index (χ0v) is 13.3. The topological polar surface area (TPSA) is 92.5 Å². The second kappa shape index (κ2) is 7.54. The van der Waals surface area contributed by atoms with E-state index in [1.807, 2.05) is 0 Å². The molecule has 0 spiro atoms. The first-order chi connectivity index (χ1) is 11.7. The van der Waals surface area contributed by atoms with E-state index in [1.54, 1.807) is 0 Å². The number of alkyl halides is 3. The van der Waals surface area contributed by atoms with Crippen molar-refractivity contribution < 1.29 is 27.6 Å². The molecule has 1 aromatic rings. The lowest BCUT2D eigenvalue weighted by Gasteiger charge is -2.22. The van der Waals surface area contributed by atoms with Crippen LogP contribution in [0, 0.1) is 0 Å². The highest BCUT2D eigenvalue weighted by molar-refractivity contribution is 5.94. The summed E-state index contributed by atoms with van der Waals surface area (Å²) in [6.07, 6.45) is -3.26. The Kier molecular flexibility index (Phi) is 5.66. The summed E-state index contributed by atoms with van der Waals surface area (Å²) in [5, 5.41) is 2.47. The van der Waals surface area contributed by atoms with E-state index in [0.29, 0.717) is 19.4 Å². The number of hydrogen-bond acceptors (Lipinski definition) is 3. The highest BCUT2D eigenvalue weighted by Gasteiger charge is 2.32. The van der Waals surface area contributed by atoms with Crippen molar-refractivity contribution in [2.24, 2.45) is 5.73 Å². The third-order valence-electron chi connectivity index (χ3n) is 4.00. The number of likely N-dealkylation sites (tertiary alicyclic amines) is 1. The van der Waals surface area contributed by atoms with Crippen molar-refractivity contribution in [3.8, 4) is 0 Å². The predicted octanol–water partition coefficient (Wildman–Crippen LogP) is 1.30. The maximum absolute atomic E-state index is 12.5. The molecule has 25 heavy (non-hydrogen) atoms. The van der Waals surface area contributed by atoms with Crippen LogP contribution in [0.3, 0.4) is 0 Å². The van der Waals surface area contributed by atoms with Gasteiger partial charge in [0.05, 0.1) is 5.56 Å². The minimum atomic E-state index is -4.46. The van der Waals surface area contributed by atoms with Crippen LogP contribution >= 0.6 is 0 Å². The third kappa shape index (κ3) is 4.71. The molecule has 0 unspecified atom stereocenters. The summed E-state index contributed by atoms with van der Waals surface area (Å²) in [5.41, 5.74) is 4.46. The fraction of sp³-hybridized carbons (Fsp3) is 0.438. The largest absolute Gasteiger partial charge is 0.416 e. The van der Waals surface area contributed by atoms with Gasteiger partial charge in [-0.25, -0.2) is 0 Å². The van der Waals surface area contributed by atoms with E-state index < -0.39 is 29.6 Å². The molecular formula is C16H18F3N3O3. The van der Waals surface area contributed by atoms with E-state index in [0.717, 1.165) is 24.3 Å². The molecule has 0 bridgehead atoms. The van der Waals surface area contributed by atoms with Crippen molar-refractivity contribution >= 4 is 17.7 Å². The number of halogens is 3. The molecule has 1 heterocycles. The number of amides is 3. The number of carbonyl (C=O) groups excluding carboxylic acids is 3. The molecule has 0 aromatic heterocycles. The van der Waals surface area contributed by atoms with Gasteiger partial charge >= 0.3 is 6.18 Å². The number of nitrogens with zero attached hydrogens (tertiary/aromatic N) is 1. The Labute approximate surface area is 142 Å². The lowest BCUT2D eigenvalue weighted by Crippen LogP contribution is -2.44. The Balaban J connectivity index is 1.84. The first-order valence-corrected chi connectivity index (χ1v) is 7.74. The molecule has 0 aliphatic carbocycles. The van der Waals surface area contributed by atoms with E-state index in [4.69, 9.17) is 5.73 Å². The Bertz CT molecular complexity index is 659. The molecular weight excluding hydrogens is 339 g/mol. The van der Waals surface area contributed by atoms with E-state index in [9.17, 15) is 27.6 Å². The first kappa shape index (κ1) is 18.8. The Morgan fingerprint density at radius 3 is 2.40 bits per heavy atom. The molecule has 1 aliphatic heterocycles. The van der Waals surface area contributed by atoms with E-state index >= 15 is 0 Å². The van der Waals surface area contributed by atoms with Gasteiger partial charge < -0.3 is 16.0 Å². The maximum atomic E-state index is 12.5. The molecule has 3 N–H and O–H groups in total. The van der Waals surface area contributed by atoms with Crippen LogP contribution in [-0.2, 0) is 15.8 Å². The van der Waals surface area contributed by atoms with Crippen molar-refractivity contribution in [2.45, 2.75) is 31.5 Å². The third-order valence-corrected chi connectivity index (χ3v) is 4.00. The fourth-order valence-corrected chi connectivity index (χ4v) is 2.70. The van der Waals surface area contributed by atoms with Crippen LogP contribution in [0.2, 0.25) is 0 Å². The number of nitrogens with two attached hydrogens (primary N) is 1. The summed E-state index contributed by atoms with van der Waals surface area (Å²) in [7, 11) is 0. The van der Waals surface area contributed by atoms with Gasteiger partial charge in [0.25, 0.3) is 5.91 Å². The summed E-state index contributed by atoms with van der Waals surface area (Å²) in [6.45, 7) is 0.458. The summed E-state index contributed by atoms with van der Waals surface area (Å²) in [4.78, 5) is 36.6. The van der Waals surface area contributed by atoms with Crippen LogP contribution in [0.15, 0.2) is 24.3 Å². The van der Waals surface area contributed by atoms with Gasteiger partial charge in [0.1, 0.15) is 6.04 Å². The Morgan fingerprint density at radius 2 is 1.84 bits per heavy atom. The predicted molar refractivity (Wildman–Crippen MR) is 82.3 cm³/mol. The summed E-state index contributed by atoms with van der Waals surface area (Å²) >= 11 is 0. The quantitative estimate of drug-likeness (QED) is 0.832. The van der Waals surface area contributed by atoms with Gasteiger partial charge in [0.15, 0.2) is 0 Å². The molecule has 1 saturated heterocycles. The number of benzene rings is 1. The second-order valence-electron chi connectivity index (χ2n) is 5.73. The Hall–Kier alpha value is -2.58.